The van der Waals surface area contributed by atoms with Crippen LogP contribution in [-0.4, -0.2) is 20.0 Å². The molecule has 0 spiro atoms. The molecule has 2 aromatic heterocycles. The number of nitrogens with one attached hydrogen (secondary N) is 1. The molecule has 2 heterocycles. The average molecular weight is 239 g/mol. The Hall–Kier alpha value is -2.56. The second kappa shape index (κ2) is 4.03. The van der Waals surface area contributed by atoms with Gasteiger partial charge in [-0.1, -0.05) is 30.3 Å². The minimum absolute atomic E-state index is 0.488. The van der Waals surface area contributed by atoms with E-state index >= 15 is 0 Å². The van der Waals surface area contributed by atoms with Crippen molar-refractivity contribution in [3.8, 4) is 22.5 Å². The first-order chi connectivity index (χ1) is 8.75. The smallest absolute Gasteiger partial charge is 0.153 e. The summed E-state index contributed by atoms with van der Waals surface area (Å²) in [5.74, 6) is 0.488. The zero-order valence-electron chi connectivity index (χ0n) is 9.96. The van der Waals surface area contributed by atoms with Crippen molar-refractivity contribution in [1.29, 1.82) is 0 Å². The van der Waals surface area contributed by atoms with Crippen LogP contribution in [0.1, 0.15) is 0 Å². The fourth-order valence-corrected chi connectivity index (χ4v) is 1.99. The SMILES string of the molecule is Cn1ccc(-c2[nH]nc(N)c2-c2ccccc2)n1. The lowest BCUT2D eigenvalue weighted by molar-refractivity contribution is 0.770. The number of aromatic amines is 1. The van der Waals surface area contributed by atoms with Gasteiger partial charge in [-0.3, -0.25) is 9.78 Å². The van der Waals surface area contributed by atoms with Gasteiger partial charge >= 0.3 is 0 Å². The molecule has 18 heavy (non-hydrogen) atoms. The molecule has 0 saturated heterocycles. The molecule has 0 bridgehead atoms. The third-order valence-electron chi connectivity index (χ3n) is 2.83. The number of nitrogens with two attached hydrogens (primary N) is 1. The second-order valence-electron chi connectivity index (χ2n) is 4.10. The molecule has 0 aliphatic carbocycles. The van der Waals surface area contributed by atoms with Gasteiger partial charge in [-0.25, -0.2) is 0 Å². The third-order valence-corrected chi connectivity index (χ3v) is 2.83. The number of H-pyrrole nitrogens is 1. The van der Waals surface area contributed by atoms with E-state index in [9.17, 15) is 0 Å². The molecular weight excluding hydrogens is 226 g/mol. The maximum Gasteiger partial charge on any atom is 0.153 e. The van der Waals surface area contributed by atoms with Gasteiger partial charge in [0, 0.05) is 13.2 Å². The van der Waals surface area contributed by atoms with Gasteiger partial charge < -0.3 is 5.73 Å². The van der Waals surface area contributed by atoms with Crippen molar-refractivity contribution in [2.24, 2.45) is 7.05 Å². The number of hydrogen-bond acceptors (Lipinski definition) is 3. The fraction of sp³-hybridized carbons (Fsp3) is 0.0769. The Kier molecular flexibility index (Phi) is 2.37. The van der Waals surface area contributed by atoms with Crippen LogP contribution in [0.25, 0.3) is 22.5 Å². The molecule has 0 unspecified atom stereocenters. The van der Waals surface area contributed by atoms with Crippen LogP contribution in [0, 0.1) is 0 Å². The highest BCUT2D eigenvalue weighted by Crippen LogP contribution is 2.33. The second-order valence-corrected chi connectivity index (χ2v) is 4.10. The quantitative estimate of drug-likeness (QED) is 0.719. The number of hydrogen-bond donors (Lipinski definition) is 2. The monoisotopic (exact) mass is 239 g/mol. The molecule has 0 aliphatic rings. The van der Waals surface area contributed by atoms with Crippen LogP contribution in [-0.2, 0) is 7.05 Å². The zero-order valence-corrected chi connectivity index (χ0v) is 9.96. The highest BCUT2D eigenvalue weighted by Gasteiger charge is 2.15. The number of aryl methyl sites for hydroxylation is 1. The minimum atomic E-state index is 0.488. The van der Waals surface area contributed by atoms with Gasteiger partial charge in [0.15, 0.2) is 5.82 Å². The summed E-state index contributed by atoms with van der Waals surface area (Å²) < 4.78 is 1.75. The highest BCUT2D eigenvalue weighted by atomic mass is 15.3. The van der Waals surface area contributed by atoms with Gasteiger partial charge in [0.2, 0.25) is 0 Å². The number of benzene rings is 1. The van der Waals surface area contributed by atoms with Gasteiger partial charge in [0.25, 0.3) is 0 Å². The van der Waals surface area contributed by atoms with Gasteiger partial charge in [0.05, 0.1) is 11.3 Å². The molecule has 3 rings (SSSR count). The molecule has 5 nitrogen and oxygen atoms in total. The first kappa shape index (κ1) is 10.6. The number of anilines is 1. The van der Waals surface area contributed by atoms with Gasteiger partial charge in [-0.2, -0.15) is 10.2 Å². The lowest BCUT2D eigenvalue weighted by Gasteiger charge is -2.01. The molecule has 3 aromatic rings. The van der Waals surface area contributed by atoms with E-state index in [1.807, 2.05) is 49.6 Å². The van der Waals surface area contributed by atoms with E-state index < -0.39 is 0 Å². The fourth-order valence-electron chi connectivity index (χ4n) is 1.99. The topological polar surface area (TPSA) is 72.5 Å². The van der Waals surface area contributed by atoms with Crippen molar-refractivity contribution in [2.75, 3.05) is 5.73 Å². The molecular formula is C13H13N5. The number of aromatic nitrogens is 4. The Bertz CT molecular complexity index is 666. The minimum Gasteiger partial charge on any atom is -0.382 e. The zero-order chi connectivity index (χ0) is 12.5. The summed E-state index contributed by atoms with van der Waals surface area (Å²) in [6, 6.07) is 11.9. The third kappa shape index (κ3) is 1.66. The maximum absolute atomic E-state index is 5.94. The van der Waals surface area contributed by atoms with Crippen molar-refractivity contribution in [2.45, 2.75) is 0 Å². The van der Waals surface area contributed by atoms with E-state index in [0.29, 0.717) is 5.82 Å². The Labute approximate surface area is 104 Å². The maximum atomic E-state index is 5.94. The first-order valence-electron chi connectivity index (χ1n) is 5.65. The van der Waals surface area contributed by atoms with E-state index in [1.165, 1.54) is 0 Å². The van der Waals surface area contributed by atoms with Crippen molar-refractivity contribution in [1.82, 2.24) is 20.0 Å². The van der Waals surface area contributed by atoms with Crippen molar-refractivity contribution >= 4 is 5.82 Å². The predicted molar refractivity (Wildman–Crippen MR) is 70.6 cm³/mol. The van der Waals surface area contributed by atoms with Crippen molar-refractivity contribution in [3.63, 3.8) is 0 Å². The number of nitrogens with zero attached hydrogens (tertiary/aromatic N) is 3. The molecule has 0 radical (unpaired) electrons. The van der Waals surface area contributed by atoms with E-state index in [1.54, 1.807) is 4.68 Å². The molecule has 5 heteroatoms. The van der Waals surface area contributed by atoms with Crippen LogP contribution < -0.4 is 5.73 Å². The standard InChI is InChI=1S/C13H13N5/c1-18-8-7-10(17-18)12-11(13(14)16-15-12)9-5-3-2-4-6-9/h2-8H,1H3,(H3,14,15,16). The Morgan fingerprint density at radius 2 is 1.94 bits per heavy atom. The van der Waals surface area contributed by atoms with Gasteiger partial charge in [-0.05, 0) is 11.6 Å². The summed E-state index contributed by atoms with van der Waals surface area (Å²) in [6.07, 6.45) is 1.89. The molecule has 0 aliphatic heterocycles. The largest absolute Gasteiger partial charge is 0.382 e. The van der Waals surface area contributed by atoms with Crippen LogP contribution in [0.15, 0.2) is 42.6 Å². The Morgan fingerprint density at radius 3 is 2.61 bits per heavy atom. The van der Waals surface area contributed by atoms with E-state index in [-0.39, 0.29) is 0 Å². The summed E-state index contributed by atoms with van der Waals surface area (Å²) in [5, 5.41) is 11.4. The Balaban J connectivity index is 2.18. The lowest BCUT2D eigenvalue weighted by Crippen LogP contribution is -1.90. The molecule has 0 fully saturated rings. The predicted octanol–water partition coefficient (Wildman–Crippen LogP) is 2.06. The van der Waals surface area contributed by atoms with Crippen molar-refractivity contribution in [3.05, 3.63) is 42.6 Å². The first-order valence-corrected chi connectivity index (χ1v) is 5.65. The van der Waals surface area contributed by atoms with Crippen LogP contribution in [0.5, 0.6) is 0 Å². The molecule has 90 valence electrons. The van der Waals surface area contributed by atoms with Crippen molar-refractivity contribution < 1.29 is 0 Å². The van der Waals surface area contributed by atoms with E-state index in [2.05, 4.69) is 15.3 Å². The average Bonchev–Trinajstić information content (AvgIpc) is 2.96. The van der Waals surface area contributed by atoms with Crippen LogP contribution >= 0.6 is 0 Å². The summed E-state index contributed by atoms with van der Waals surface area (Å²) >= 11 is 0. The molecule has 1 aromatic carbocycles. The summed E-state index contributed by atoms with van der Waals surface area (Å²) in [4.78, 5) is 0. The lowest BCUT2D eigenvalue weighted by atomic mass is 10.0. The molecule has 0 amide bonds. The van der Waals surface area contributed by atoms with E-state index in [0.717, 1.165) is 22.5 Å². The summed E-state index contributed by atoms with van der Waals surface area (Å²) in [5.41, 5.74) is 9.55. The van der Waals surface area contributed by atoms with Gasteiger partial charge in [-0.15, -0.1) is 0 Å². The molecule has 0 atom stereocenters. The normalized spacial score (nSPS) is 10.7. The highest BCUT2D eigenvalue weighted by molar-refractivity contribution is 5.86. The van der Waals surface area contributed by atoms with Crippen LogP contribution in [0.2, 0.25) is 0 Å². The van der Waals surface area contributed by atoms with Crippen LogP contribution in [0.3, 0.4) is 0 Å². The Morgan fingerprint density at radius 1 is 1.17 bits per heavy atom. The van der Waals surface area contributed by atoms with Crippen LogP contribution in [0.4, 0.5) is 5.82 Å². The van der Waals surface area contributed by atoms with Gasteiger partial charge in [0.1, 0.15) is 5.69 Å². The summed E-state index contributed by atoms with van der Waals surface area (Å²) in [7, 11) is 1.88. The molecule has 3 N–H and O–H groups in total. The summed E-state index contributed by atoms with van der Waals surface area (Å²) in [6.45, 7) is 0. The number of rotatable bonds is 2. The van der Waals surface area contributed by atoms with E-state index in [4.69, 9.17) is 5.73 Å². The molecule has 0 saturated carbocycles. The number of nitrogen functional groups attached to an aromatic ring is 1.